The molecule has 1 atom stereocenters. The minimum Gasteiger partial charge on any atom is -0.480 e. The highest BCUT2D eigenvalue weighted by atomic mass is 32.1. The highest BCUT2D eigenvalue weighted by Crippen LogP contribution is 2.26. The van der Waals surface area contributed by atoms with E-state index in [0.717, 1.165) is 4.88 Å². The fourth-order valence-electron chi connectivity index (χ4n) is 2.32. The van der Waals surface area contributed by atoms with E-state index in [2.05, 4.69) is 5.16 Å². The molecular weight excluding hydrogens is 280 g/mol. The number of aliphatic carboxylic acids is 1. The van der Waals surface area contributed by atoms with E-state index in [1.165, 1.54) is 16.2 Å². The Labute approximate surface area is 118 Å². The maximum Gasteiger partial charge on any atom is 0.326 e. The first kappa shape index (κ1) is 12.9. The van der Waals surface area contributed by atoms with Crippen LogP contribution in [0, 0.1) is 0 Å². The lowest BCUT2D eigenvalue weighted by Gasteiger charge is -2.19. The summed E-state index contributed by atoms with van der Waals surface area (Å²) in [6.45, 7) is 0.441. The predicted molar refractivity (Wildman–Crippen MR) is 71.5 cm³/mol. The molecular formula is C13H12N2O4S. The van der Waals surface area contributed by atoms with Crippen molar-refractivity contribution < 1.29 is 19.2 Å². The fraction of sp³-hybridized carbons (Fsp3) is 0.308. The molecule has 0 saturated carbocycles. The molecule has 0 bridgehead atoms. The first-order valence-corrected chi connectivity index (χ1v) is 7.09. The molecule has 20 heavy (non-hydrogen) atoms. The smallest absolute Gasteiger partial charge is 0.326 e. The summed E-state index contributed by atoms with van der Waals surface area (Å²) < 4.78 is 5.15. The molecule has 1 aliphatic rings. The van der Waals surface area contributed by atoms with E-state index in [4.69, 9.17) is 9.63 Å². The summed E-state index contributed by atoms with van der Waals surface area (Å²) in [7, 11) is 0. The van der Waals surface area contributed by atoms with Crippen LogP contribution in [0.3, 0.4) is 0 Å². The summed E-state index contributed by atoms with van der Waals surface area (Å²) in [6.07, 6.45) is 1.18. The first-order valence-electron chi connectivity index (χ1n) is 6.21. The van der Waals surface area contributed by atoms with Crippen molar-refractivity contribution in [1.82, 2.24) is 10.1 Å². The largest absolute Gasteiger partial charge is 0.480 e. The molecule has 0 unspecified atom stereocenters. The van der Waals surface area contributed by atoms with Gasteiger partial charge >= 0.3 is 5.97 Å². The Morgan fingerprint density at radius 1 is 1.50 bits per heavy atom. The van der Waals surface area contributed by atoms with Crippen molar-refractivity contribution in [2.24, 2.45) is 0 Å². The second-order valence-electron chi connectivity index (χ2n) is 4.55. The third-order valence-corrected chi connectivity index (χ3v) is 4.18. The molecule has 3 rings (SSSR count). The van der Waals surface area contributed by atoms with E-state index in [1.807, 2.05) is 17.5 Å². The summed E-state index contributed by atoms with van der Waals surface area (Å²) in [5.41, 5.74) is 0.154. The first-order chi connectivity index (χ1) is 9.66. The summed E-state index contributed by atoms with van der Waals surface area (Å²) >= 11 is 1.49. The van der Waals surface area contributed by atoms with Crippen molar-refractivity contribution in [1.29, 1.82) is 0 Å². The highest BCUT2D eigenvalue weighted by molar-refractivity contribution is 7.13. The maximum absolute atomic E-state index is 12.3. The number of amides is 1. The monoisotopic (exact) mass is 292 g/mol. The van der Waals surface area contributed by atoms with Crippen LogP contribution >= 0.6 is 11.3 Å². The van der Waals surface area contributed by atoms with E-state index in [0.29, 0.717) is 25.1 Å². The standard InChI is InChI=1S/C13H12N2O4S/c16-12(15-5-1-3-9(15)13(17)18)8-7-10(19-14-8)11-4-2-6-20-11/h2,4,6-7,9H,1,3,5H2,(H,17,18)/t9-/m0/s1. The molecule has 6 nitrogen and oxygen atoms in total. The van der Waals surface area contributed by atoms with Gasteiger partial charge in [0.15, 0.2) is 11.5 Å². The van der Waals surface area contributed by atoms with Crippen LogP contribution in [-0.2, 0) is 4.79 Å². The van der Waals surface area contributed by atoms with Crippen LogP contribution in [0.5, 0.6) is 0 Å². The number of hydrogen-bond donors (Lipinski definition) is 1. The van der Waals surface area contributed by atoms with E-state index >= 15 is 0 Å². The van der Waals surface area contributed by atoms with Gasteiger partial charge in [-0.2, -0.15) is 0 Å². The van der Waals surface area contributed by atoms with E-state index < -0.39 is 12.0 Å². The van der Waals surface area contributed by atoms with Gasteiger partial charge in [-0.1, -0.05) is 11.2 Å². The number of aromatic nitrogens is 1. The van der Waals surface area contributed by atoms with E-state index in [9.17, 15) is 9.59 Å². The van der Waals surface area contributed by atoms with Gasteiger partial charge in [-0.25, -0.2) is 4.79 Å². The average Bonchev–Trinajstić information content (AvgIpc) is 3.17. The van der Waals surface area contributed by atoms with Crippen LogP contribution in [0.1, 0.15) is 23.3 Å². The molecule has 0 aromatic carbocycles. The lowest BCUT2D eigenvalue weighted by atomic mass is 10.2. The number of likely N-dealkylation sites (tertiary alicyclic amines) is 1. The molecule has 1 aliphatic heterocycles. The minimum atomic E-state index is -0.974. The third kappa shape index (κ3) is 2.20. The van der Waals surface area contributed by atoms with Gasteiger partial charge in [0.2, 0.25) is 0 Å². The van der Waals surface area contributed by atoms with Crippen molar-refractivity contribution in [3.63, 3.8) is 0 Å². The highest BCUT2D eigenvalue weighted by Gasteiger charge is 2.35. The maximum atomic E-state index is 12.3. The van der Waals surface area contributed by atoms with Crippen LogP contribution in [-0.4, -0.2) is 39.6 Å². The molecule has 3 heterocycles. The second-order valence-corrected chi connectivity index (χ2v) is 5.50. The van der Waals surface area contributed by atoms with Crippen molar-refractivity contribution in [2.45, 2.75) is 18.9 Å². The van der Waals surface area contributed by atoms with Gasteiger partial charge in [-0.3, -0.25) is 4.79 Å². The summed E-state index contributed by atoms with van der Waals surface area (Å²) in [5.74, 6) is -0.839. The number of carbonyl (C=O) groups excluding carboxylic acids is 1. The third-order valence-electron chi connectivity index (χ3n) is 3.29. The lowest BCUT2D eigenvalue weighted by Crippen LogP contribution is -2.40. The molecule has 2 aromatic rings. The number of carboxylic acid groups (broad SMARTS) is 1. The molecule has 2 aromatic heterocycles. The zero-order valence-electron chi connectivity index (χ0n) is 10.5. The number of carboxylic acids is 1. The zero-order chi connectivity index (χ0) is 14.1. The zero-order valence-corrected chi connectivity index (χ0v) is 11.3. The molecule has 0 spiro atoms. The van der Waals surface area contributed by atoms with Crippen LogP contribution < -0.4 is 0 Å². The fourth-order valence-corrected chi connectivity index (χ4v) is 3.00. The quantitative estimate of drug-likeness (QED) is 0.936. The van der Waals surface area contributed by atoms with Crippen molar-refractivity contribution >= 4 is 23.2 Å². The Morgan fingerprint density at radius 2 is 2.35 bits per heavy atom. The molecule has 0 aliphatic carbocycles. The van der Waals surface area contributed by atoms with Crippen molar-refractivity contribution in [3.05, 3.63) is 29.3 Å². The van der Waals surface area contributed by atoms with Gasteiger partial charge in [0.05, 0.1) is 4.88 Å². The molecule has 1 saturated heterocycles. The van der Waals surface area contributed by atoms with Crippen LogP contribution in [0.15, 0.2) is 28.1 Å². The van der Waals surface area contributed by atoms with E-state index in [-0.39, 0.29) is 11.6 Å². The summed E-state index contributed by atoms with van der Waals surface area (Å²) in [6, 6.07) is 4.55. The number of carbonyl (C=O) groups is 2. The number of thiophene rings is 1. The Hall–Kier alpha value is -2.15. The lowest BCUT2D eigenvalue weighted by molar-refractivity contribution is -0.141. The molecule has 1 fully saturated rings. The minimum absolute atomic E-state index is 0.154. The van der Waals surface area contributed by atoms with Gasteiger partial charge in [-0.05, 0) is 24.3 Å². The van der Waals surface area contributed by atoms with Gasteiger partial charge in [-0.15, -0.1) is 11.3 Å². The Bertz CT molecular complexity index is 635. The average molecular weight is 292 g/mol. The van der Waals surface area contributed by atoms with Crippen LogP contribution in [0.2, 0.25) is 0 Å². The number of rotatable bonds is 3. The predicted octanol–water partition coefficient (Wildman–Crippen LogP) is 2.09. The SMILES string of the molecule is O=C(O)[C@@H]1CCCN1C(=O)c1cc(-c2cccs2)on1. The molecule has 7 heteroatoms. The van der Waals surface area contributed by atoms with Crippen LogP contribution in [0.4, 0.5) is 0 Å². The van der Waals surface area contributed by atoms with Crippen molar-refractivity contribution in [2.75, 3.05) is 6.54 Å². The number of hydrogen-bond acceptors (Lipinski definition) is 5. The van der Waals surface area contributed by atoms with E-state index in [1.54, 1.807) is 6.07 Å². The Balaban J connectivity index is 1.83. The summed E-state index contributed by atoms with van der Waals surface area (Å²) in [5, 5.41) is 14.8. The van der Waals surface area contributed by atoms with Crippen LogP contribution in [0.25, 0.3) is 10.6 Å². The molecule has 1 amide bonds. The molecule has 1 N–H and O–H groups in total. The molecule has 104 valence electrons. The van der Waals surface area contributed by atoms with Gasteiger partial charge < -0.3 is 14.5 Å². The Morgan fingerprint density at radius 3 is 3.05 bits per heavy atom. The topological polar surface area (TPSA) is 83.6 Å². The summed E-state index contributed by atoms with van der Waals surface area (Å²) in [4.78, 5) is 25.6. The normalized spacial score (nSPS) is 18.4. The Kier molecular flexibility index (Phi) is 3.27. The number of nitrogens with zero attached hydrogens (tertiary/aromatic N) is 2. The van der Waals surface area contributed by atoms with Gasteiger partial charge in [0.1, 0.15) is 6.04 Å². The second kappa shape index (κ2) is 5.09. The van der Waals surface area contributed by atoms with Gasteiger partial charge in [0.25, 0.3) is 5.91 Å². The molecule has 0 radical (unpaired) electrons. The van der Waals surface area contributed by atoms with Crippen molar-refractivity contribution in [3.8, 4) is 10.6 Å². The van der Waals surface area contributed by atoms with Gasteiger partial charge in [0, 0.05) is 12.6 Å².